The molecule has 0 saturated heterocycles. The summed E-state index contributed by atoms with van der Waals surface area (Å²) in [5, 5.41) is 3.36. The lowest BCUT2D eigenvalue weighted by atomic mass is 10.3. The van der Waals surface area contributed by atoms with E-state index in [0.29, 0.717) is 20.6 Å². The minimum Gasteiger partial charge on any atom is -0.338 e. The lowest BCUT2D eigenvalue weighted by Crippen LogP contribution is -2.01. The van der Waals surface area contributed by atoms with Crippen LogP contribution in [0, 0.1) is 5.82 Å². The number of aromatic nitrogens is 2. The van der Waals surface area contributed by atoms with Gasteiger partial charge in [-0.1, -0.05) is 18.5 Å². The SMILES string of the molecule is CCCc1nc(Br)cc(Nc2c(Cl)cc(F)cc2Br)n1. The van der Waals surface area contributed by atoms with Crippen molar-refractivity contribution in [2.24, 2.45) is 0 Å². The number of rotatable bonds is 4. The molecule has 0 fully saturated rings. The van der Waals surface area contributed by atoms with Gasteiger partial charge >= 0.3 is 0 Å². The summed E-state index contributed by atoms with van der Waals surface area (Å²) in [5.74, 6) is 0.936. The van der Waals surface area contributed by atoms with Gasteiger partial charge in [0.05, 0.1) is 10.7 Å². The van der Waals surface area contributed by atoms with Crippen LogP contribution in [0.15, 0.2) is 27.3 Å². The molecule has 2 aromatic rings. The summed E-state index contributed by atoms with van der Waals surface area (Å²) in [6.07, 6.45) is 1.74. The number of hydrogen-bond donors (Lipinski definition) is 1. The number of hydrogen-bond acceptors (Lipinski definition) is 3. The number of anilines is 2. The van der Waals surface area contributed by atoms with Crippen molar-refractivity contribution >= 4 is 55.0 Å². The van der Waals surface area contributed by atoms with Gasteiger partial charge in [-0.2, -0.15) is 0 Å². The molecule has 0 spiro atoms. The van der Waals surface area contributed by atoms with E-state index in [4.69, 9.17) is 11.6 Å². The van der Waals surface area contributed by atoms with Crippen LogP contribution in [0.2, 0.25) is 5.02 Å². The summed E-state index contributed by atoms with van der Waals surface area (Å²) in [6, 6.07) is 4.33. The van der Waals surface area contributed by atoms with Crippen LogP contribution < -0.4 is 5.32 Å². The van der Waals surface area contributed by atoms with Crippen molar-refractivity contribution in [3.63, 3.8) is 0 Å². The van der Waals surface area contributed by atoms with Gasteiger partial charge in [-0.25, -0.2) is 14.4 Å². The fraction of sp³-hybridized carbons (Fsp3) is 0.231. The van der Waals surface area contributed by atoms with E-state index in [-0.39, 0.29) is 5.02 Å². The molecule has 106 valence electrons. The Kier molecular flexibility index (Phi) is 5.35. The Hall–Kier alpha value is -0.720. The van der Waals surface area contributed by atoms with E-state index >= 15 is 0 Å². The highest BCUT2D eigenvalue weighted by molar-refractivity contribution is 9.10. The lowest BCUT2D eigenvalue weighted by molar-refractivity contribution is 0.627. The summed E-state index contributed by atoms with van der Waals surface area (Å²) in [7, 11) is 0. The van der Waals surface area contributed by atoms with E-state index in [9.17, 15) is 4.39 Å². The van der Waals surface area contributed by atoms with E-state index in [0.717, 1.165) is 18.7 Å². The van der Waals surface area contributed by atoms with Gasteiger partial charge in [0.15, 0.2) is 0 Å². The van der Waals surface area contributed by atoms with E-state index in [1.165, 1.54) is 12.1 Å². The molecule has 1 heterocycles. The first-order chi connectivity index (χ1) is 9.49. The van der Waals surface area contributed by atoms with Crippen LogP contribution in [-0.2, 0) is 6.42 Å². The Balaban J connectivity index is 2.35. The monoisotopic (exact) mass is 421 g/mol. The number of aryl methyl sites for hydroxylation is 1. The summed E-state index contributed by atoms with van der Waals surface area (Å²) in [6.45, 7) is 2.06. The molecule has 3 nitrogen and oxygen atoms in total. The summed E-state index contributed by atoms with van der Waals surface area (Å²) in [5.41, 5.74) is 0.570. The zero-order valence-corrected chi connectivity index (χ0v) is 14.5. The van der Waals surface area contributed by atoms with Crippen molar-refractivity contribution in [2.75, 3.05) is 5.32 Å². The zero-order valence-electron chi connectivity index (χ0n) is 10.6. The van der Waals surface area contributed by atoms with E-state index in [1.54, 1.807) is 6.07 Å². The largest absolute Gasteiger partial charge is 0.338 e. The predicted octanol–water partition coefficient (Wildman–Crippen LogP) is 5.49. The predicted molar refractivity (Wildman–Crippen MR) is 86.1 cm³/mol. The van der Waals surface area contributed by atoms with Crippen LogP contribution in [0.5, 0.6) is 0 Å². The van der Waals surface area contributed by atoms with Crippen molar-refractivity contribution in [1.82, 2.24) is 9.97 Å². The van der Waals surface area contributed by atoms with Gasteiger partial charge < -0.3 is 5.32 Å². The number of benzene rings is 1. The maximum absolute atomic E-state index is 13.2. The Morgan fingerprint density at radius 1 is 1.25 bits per heavy atom. The van der Waals surface area contributed by atoms with Crippen LogP contribution in [0.4, 0.5) is 15.9 Å². The highest BCUT2D eigenvalue weighted by Gasteiger charge is 2.10. The standard InChI is InChI=1S/C13H11Br2ClFN3/c1-2-3-11-18-10(15)6-12(19-11)20-13-8(14)4-7(17)5-9(13)16/h4-6H,2-3H2,1H3,(H,18,19,20). The van der Waals surface area contributed by atoms with Gasteiger partial charge in [-0.15, -0.1) is 0 Å². The topological polar surface area (TPSA) is 37.8 Å². The summed E-state index contributed by atoms with van der Waals surface area (Å²) in [4.78, 5) is 8.68. The second-order valence-corrected chi connectivity index (χ2v) is 6.19. The zero-order chi connectivity index (χ0) is 14.7. The van der Waals surface area contributed by atoms with Crippen molar-refractivity contribution in [3.05, 3.63) is 43.9 Å². The second kappa shape index (κ2) is 6.83. The van der Waals surface area contributed by atoms with Gasteiger partial charge in [-0.05, 0) is 50.4 Å². The summed E-state index contributed by atoms with van der Waals surface area (Å²) >= 11 is 12.7. The molecule has 0 saturated carbocycles. The summed E-state index contributed by atoms with van der Waals surface area (Å²) < 4.78 is 14.4. The molecule has 0 bridgehead atoms. The highest BCUT2D eigenvalue weighted by Crippen LogP contribution is 2.34. The van der Waals surface area contributed by atoms with Gasteiger partial charge in [0.25, 0.3) is 0 Å². The van der Waals surface area contributed by atoms with Crippen molar-refractivity contribution in [2.45, 2.75) is 19.8 Å². The Bertz CT molecular complexity index is 614. The van der Waals surface area contributed by atoms with Crippen molar-refractivity contribution in [1.29, 1.82) is 0 Å². The highest BCUT2D eigenvalue weighted by atomic mass is 79.9. The first-order valence-corrected chi connectivity index (χ1v) is 7.91. The second-order valence-electron chi connectivity index (χ2n) is 4.11. The van der Waals surface area contributed by atoms with Crippen LogP contribution in [0.3, 0.4) is 0 Å². The molecule has 0 aliphatic carbocycles. The fourth-order valence-corrected chi connectivity index (χ4v) is 2.97. The molecule has 1 aromatic carbocycles. The normalized spacial score (nSPS) is 10.7. The number of nitrogens with one attached hydrogen (secondary N) is 1. The molecule has 2 rings (SSSR count). The van der Waals surface area contributed by atoms with Crippen LogP contribution in [0.1, 0.15) is 19.2 Å². The average Bonchev–Trinajstić information content (AvgIpc) is 2.33. The number of nitrogens with zero attached hydrogens (tertiary/aromatic N) is 2. The average molecular weight is 424 g/mol. The van der Waals surface area contributed by atoms with Crippen molar-refractivity contribution < 1.29 is 4.39 Å². The van der Waals surface area contributed by atoms with Crippen LogP contribution in [0.25, 0.3) is 0 Å². The molecule has 1 aromatic heterocycles. The molecular weight excluding hydrogens is 412 g/mol. The van der Waals surface area contributed by atoms with Gasteiger partial charge in [0.1, 0.15) is 22.1 Å². The minimum atomic E-state index is -0.400. The quantitative estimate of drug-likeness (QED) is 0.661. The number of halogens is 4. The van der Waals surface area contributed by atoms with Crippen LogP contribution >= 0.6 is 43.5 Å². The Morgan fingerprint density at radius 2 is 2.00 bits per heavy atom. The smallest absolute Gasteiger partial charge is 0.135 e. The van der Waals surface area contributed by atoms with Gasteiger partial charge in [0.2, 0.25) is 0 Å². The molecule has 20 heavy (non-hydrogen) atoms. The third-order valence-corrected chi connectivity index (χ3v) is 3.80. The Morgan fingerprint density at radius 3 is 2.65 bits per heavy atom. The maximum Gasteiger partial charge on any atom is 0.135 e. The molecule has 0 atom stereocenters. The molecule has 0 aliphatic heterocycles. The molecule has 7 heteroatoms. The Labute approximate surface area is 138 Å². The molecule has 1 N–H and O–H groups in total. The van der Waals surface area contributed by atoms with E-state index < -0.39 is 5.82 Å². The van der Waals surface area contributed by atoms with Gasteiger partial charge in [-0.3, -0.25) is 0 Å². The van der Waals surface area contributed by atoms with Crippen LogP contribution in [-0.4, -0.2) is 9.97 Å². The fourth-order valence-electron chi connectivity index (χ4n) is 1.65. The maximum atomic E-state index is 13.2. The molecule has 0 radical (unpaired) electrons. The molecule has 0 amide bonds. The van der Waals surface area contributed by atoms with Gasteiger partial charge in [0, 0.05) is 17.0 Å². The molecule has 0 aliphatic rings. The first-order valence-electron chi connectivity index (χ1n) is 5.94. The first kappa shape index (κ1) is 15.7. The lowest BCUT2D eigenvalue weighted by Gasteiger charge is -2.11. The molecule has 0 unspecified atom stereocenters. The third-order valence-electron chi connectivity index (χ3n) is 2.47. The van der Waals surface area contributed by atoms with Crippen molar-refractivity contribution in [3.8, 4) is 0 Å². The molecular formula is C13H11Br2ClFN3. The third kappa shape index (κ3) is 3.90. The van der Waals surface area contributed by atoms with E-state index in [1.807, 2.05) is 0 Å². The van der Waals surface area contributed by atoms with E-state index in [2.05, 4.69) is 54.1 Å². The minimum absolute atomic E-state index is 0.281.